The summed E-state index contributed by atoms with van der Waals surface area (Å²) in [7, 11) is 0. The second kappa shape index (κ2) is 6.20. The van der Waals surface area contributed by atoms with Gasteiger partial charge in [0.25, 0.3) is 0 Å². The summed E-state index contributed by atoms with van der Waals surface area (Å²) in [5.41, 5.74) is 7.70. The molecule has 4 heteroatoms. The van der Waals surface area contributed by atoms with Gasteiger partial charge in [0.05, 0.1) is 18.8 Å². The summed E-state index contributed by atoms with van der Waals surface area (Å²) in [6.45, 7) is 3.98. The fraction of sp³-hybridized carbons (Fsp3) is 0.688. The maximum atomic E-state index is 6.45. The number of aromatic nitrogens is 1. The van der Waals surface area contributed by atoms with Crippen molar-refractivity contribution in [3.05, 3.63) is 30.1 Å². The Labute approximate surface area is 121 Å². The number of nitrogens with zero attached hydrogens (tertiary/aromatic N) is 2. The quantitative estimate of drug-likeness (QED) is 0.914. The minimum Gasteiger partial charge on any atom is -0.375 e. The van der Waals surface area contributed by atoms with Crippen molar-refractivity contribution in [3.8, 4) is 0 Å². The highest BCUT2D eigenvalue weighted by atomic mass is 16.5. The van der Waals surface area contributed by atoms with E-state index < -0.39 is 0 Å². The number of morpholine rings is 1. The highest BCUT2D eigenvalue weighted by Gasteiger charge is 2.40. The van der Waals surface area contributed by atoms with E-state index in [-0.39, 0.29) is 12.1 Å². The van der Waals surface area contributed by atoms with Crippen LogP contribution in [-0.4, -0.2) is 41.2 Å². The number of pyridine rings is 1. The van der Waals surface area contributed by atoms with Gasteiger partial charge < -0.3 is 10.5 Å². The van der Waals surface area contributed by atoms with E-state index in [4.69, 9.17) is 10.5 Å². The van der Waals surface area contributed by atoms with Crippen LogP contribution in [0.25, 0.3) is 0 Å². The molecule has 1 aliphatic heterocycles. The molecule has 1 saturated heterocycles. The summed E-state index contributed by atoms with van der Waals surface area (Å²) in [6, 6.07) is 5.12. The summed E-state index contributed by atoms with van der Waals surface area (Å²) < 4.78 is 5.93. The van der Waals surface area contributed by atoms with Crippen molar-refractivity contribution in [2.45, 2.75) is 56.8 Å². The molecule has 2 N–H and O–H groups in total. The smallest absolute Gasteiger partial charge is 0.0731 e. The van der Waals surface area contributed by atoms with Gasteiger partial charge in [-0.05, 0) is 37.3 Å². The molecule has 1 aliphatic carbocycles. The molecule has 0 aromatic carbocycles. The topological polar surface area (TPSA) is 51.4 Å². The standard InChI is InChI=1S/C16H25N3O/c1-2-13(17)16(12-5-4-8-18-11-12)19-9-10-20-15-7-3-6-14(15)19/h4-5,8,11,13-16H,2-3,6-7,9-10,17H2,1H3. The van der Waals surface area contributed by atoms with Crippen molar-refractivity contribution in [2.24, 2.45) is 5.73 Å². The molecule has 20 heavy (non-hydrogen) atoms. The second-order valence-electron chi connectivity index (χ2n) is 5.95. The number of fused-ring (bicyclic) bond motifs is 1. The molecule has 2 fully saturated rings. The molecule has 4 unspecified atom stereocenters. The molecule has 0 spiro atoms. The monoisotopic (exact) mass is 275 g/mol. The molecule has 2 heterocycles. The molecule has 4 atom stereocenters. The van der Waals surface area contributed by atoms with Gasteiger partial charge in [0.2, 0.25) is 0 Å². The molecule has 4 nitrogen and oxygen atoms in total. The van der Waals surface area contributed by atoms with Gasteiger partial charge in [-0.3, -0.25) is 9.88 Å². The highest BCUT2D eigenvalue weighted by molar-refractivity contribution is 5.17. The third kappa shape index (κ3) is 2.60. The molecule has 3 rings (SSSR count). The molecule has 1 aromatic rings. The molecule has 1 aromatic heterocycles. The minimum absolute atomic E-state index is 0.151. The number of nitrogens with two attached hydrogens (primary N) is 1. The van der Waals surface area contributed by atoms with Gasteiger partial charge >= 0.3 is 0 Å². The molecule has 0 radical (unpaired) electrons. The van der Waals surface area contributed by atoms with Gasteiger partial charge in [0.15, 0.2) is 0 Å². The van der Waals surface area contributed by atoms with Crippen LogP contribution in [0.15, 0.2) is 24.5 Å². The maximum absolute atomic E-state index is 6.45. The number of hydrogen-bond donors (Lipinski definition) is 1. The van der Waals surface area contributed by atoms with E-state index in [2.05, 4.69) is 22.9 Å². The third-order valence-electron chi connectivity index (χ3n) is 4.79. The SMILES string of the molecule is CCC(N)C(c1cccnc1)N1CCOC2CCCC21. The average molecular weight is 275 g/mol. The van der Waals surface area contributed by atoms with Gasteiger partial charge in [-0.2, -0.15) is 0 Å². The van der Waals surface area contributed by atoms with Crippen molar-refractivity contribution < 1.29 is 4.74 Å². The first-order valence-electron chi connectivity index (χ1n) is 7.84. The van der Waals surface area contributed by atoms with Crippen LogP contribution in [0.2, 0.25) is 0 Å². The van der Waals surface area contributed by atoms with Crippen molar-refractivity contribution in [1.82, 2.24) is 9.88 Å². The zero-order valence-electron chi connectivity index (χ0n) is 12.2. The van der Waals surface area contributed by atoms with E-state index >= 15 is 0 Å². The average Bonchev–Trinajstić information content (AvgIpc) is 2.98. The summed E-state index contributed by atoms with van der Waals surface area (Å²) in [5, 5.41) is 0. The Morgan fingerprint density at radius 2 is 2.40 bits per heavy atom. The lowest BCUT2D eigenvalue weighted by Gasteiger charge is -2.44. The summed E-state index contributed by atoms with van der Waals surface area (Å²) in [6.07, 6.45) is 8.89. The fourth-order valence-corrected chi connectivity index (χ4v) is 3.76. The molecular formula is C16H25N3O. The van der Waals surface area contributed by atoms with E-state index in [1.165, 1.54) is 24.8 Å². The van der Waals surface area contributed by atoms with E-state index in [1.807, 2.05) is 18.5 Å². The Kier molecular flexibility index (Phi) is 4.34. The van der Waals surface area contributed by atoms with Crippen molar-refractivity contribution in [2.75, 3.05) is 13.2 Å². The predicted molar refractivity (Wildman–Crippen MR) is 79.3 cm³/mol. The van der Waals surface area contributed by atoms with Gasteiger partial charge in [-0.1, -0.05) is 13.0 Å². The predicted octanol–water partition coefficient (Wildman–Crippen LogP) is 2.11. The number of ether oxygens (including phenoxy) is 1. The number of rotatable bonds is 4. The Morgan fingerprint density at radius 1 is 1.50 bits per heavy atom. The highest BCUT2D eigenvalue weighted by Crippen LogP contribution is 2.36. The molecule has 110 valence electrons. The number of hydrogen-bond acceptors (Lipinski definition) is 4. The molecular weight excluding hydrogens is 250 g/mol. The molecule has 0 amide bonds. The molecule has 0 bridgehead atoms. The van der Waals surface area contributed by atoms with Crippen LogP contribution in [0.4, 0.5) is 0 Å². The Balaban J connectivity index is 1.88. The summed E-state index contributed by atoms with van der Waals surface area (Å²) in [5.74, 6) is 0. The van der Waals surface area contributed by atoms with Crippen molar-refractivity contribution in [1.29, 1.82) is 0 Å². The first-order chi connectivity index (χ1) is 9.81. The minimum atomic E-state index is 0.151. The lowest BCUT2D eigenvalue weighted by molar-refractivity contribution is -0.0763. The van der Waals surface area contributed by atoms with Gasteiger partial charge in [0, 0.05) is 31.0 Å². The molecule has 2 aliphatic rings. The summed E-state index contributed by atoms with van der Waals surface area (Å²) >= 11 is 0. The Bertz CT molecular complexity index is 425. The zero-order chi connectivity index (χ0) is 13.9. The largest absolute Gasteiger partial charge is 0.375 e. The molecule has 1 saturated carbocycles. The van der Waals surface area contributed by atoms with Gasteiger partial charge in [-0.25, -0.2) is 0 Å². The summed E-state index contributed by atoms with van der Waals surface area (Å²) in [4.78, 5) is 6.88. The zero-order valence-corrected chi connectivity index (χ0v) is 12.2. The van der Waals surface area contributed by atoms with E-state index in [1.54, 1.807) is 0 Å². The van der Waals surface area contributed by atoms with Crippen LogP contribution in [0.1, 0.15) is 44.2 Å². The van der Waals surface area contributed by atoms with Crippen molar-refractivity contribution >= 4 is 0 Å². The van der Waals surface area contributed by atoms with Gasteiger partial charge in [0.1, 0.15) is 0 Å². The van der Waals surface area contributed by atoms with Gasteiger partial charge in [-0.15, -0.1) is 0 Å². The Hall–Kier alpha value is -0.970. The normalized spacial score (nSPS) is 29.9. The van der Waals surface area contributed by atoms with E-state index in [0.29, 0.717) is 12.1 Å². The first kappa shape index (κ1) is 14.0. The second-order valence-corrected chi connectivity index (χ2v) is 5.95. The van der Waals surface area contributed by atoms with Crippen LogP contribution >= 0.6 is 0 Å². The van der Waals surface area contributed by atoms with E-state index in [9.17, 15) is 0 Å². The van der Waals surface area contributed by atoms with Crippen LogP contribution in [0, 0.1) is 0 Å². The van der Waals surface area contributed by atoms with Crippen LogP contribution < -0.4 is 5.73 Å². The Morgan fingerprint density at radius 3 is 3.15 bits per heavy atom. The fourth-order valence-electron chi connectivity index (χ4n) is 3.76. The van der Waals surface area contributed by atoms with E-state index in [0.717, 1.165) is 19.6 Å². The lowest BCUT2D eigenvalue weighted by atomic mass is 9.94. The van der Waals surface area contributed by atoms with Crippen LogP contribution in [0.3, 0.4) is 0 Å². The lowest BCUT2D eigenvalue weighted by Crippen LogP contribution is -2.53. The van der Waals surface area contributed by atoms with Crippen LogP contribution in [-0.2, 0) is 4.74 Å². The third-order valence-corrected chi connectivity index (χ3v) is 4.79. The van der Waals surface area contributed by atoms with Crippen LogP contribution in [0.5, 0.6) is 0 Å². The first-order valence-corrected chi connectivity index (χ1v) is 7.84. The maximum Gasteiger partial charge on any atom is 0.0731 e. The van der Waals surface area contributed by atoms with Crippen molar-refractivity contribution in [3.63, 3.8) is 0 Å².